The van der Waals surface area contributed by atoms with Crippen molar-refractivity contribution in [2.24, 2.45) is 11.7 Å². The Morgan fingerprint density at radius 1 is 1.23 bits per heavy atom. The van der Waals surface area contributed by atoms with Crippen LogP contribution in [-0.2, 0) is 4.79 Å². The number of carbonyl (C=O) groups is 1. The predicted molar refractivity (Wildman–Crippen MR) is 56.4 cm³/mol. The van der Waals surface area contributed by atoms with Crippen LogP contribution in [0.4, 0.5) is 0 Å². The molecule has 0 saturated heterocycles. The summed E-state index contributed by atoms with van der Waals surface area (Å²) >= 11 is 0. The summed E-state index contributed by atoms with van der Waals surface area (Å²) in [6.07, 6.45) is 7.86. The molecule has 0 aliphatic carbocycles. The maximum atomic E-state index is 10.6. The zero-order chi connectivity index (χ0) is 10.1. The molecule has 0 spiro atoms. The summed E-state index contributed by atoms with van der Waals surface area (Å²) in [6.45, 7) is 4.40. The molecule has 0 fully saturated rings. The summed E-state index contributed by atoms with van der Waals surface area (Å²) in [5.74, 6) is 0.549. The SMILES string of the molecule is CCCCCC(CC)CCC(N)=O. The van der Waals surface area contributed by atoms with Crippen molar-refractivity contribution in [3.63, 3.8) is 0 Å². The predicted octanol–water partition coefficient (Wildman–Crippen LogP) is 2.86. The van der Waals surface area contributed by atoms with Crippen LogP contribution in [0.15, 0.2) is 0 Å². The Kier molecular flexibility index (Phi) is 7.76. The van der Waals surface area contributed by atoms with Gasteiger partial charge in [0.15, 0.2) is 0 Å². The second-order valence-corrected chi connectivity index (χ2v) is 3.78. The smallest absolute Gasteiger partial charge is 0.217 e. The van der Waals surface area contributed by atoms with Crippen LogP contribution in [0, 0.1) is 5.92 Å². The molecule has 2 heteroatoms. The van der Waals surface area contributed by atoms with Crippen LogP contribution in [0.2, 0.25) is 0 Å². The lowest BCUT2D eigenvalue weighted by Gasteiger charge is -2.12. The van der Waals surface area contributed by atoms with E-state index in [1.807, 2.05) is 0 Å². The van der Waals surface area contributed by atoms with E-state index in [0.717, 1.165) is 6.42 Å². The first kappa shape index (κ1) is 12.5. The van der Waals surface area contributed by atoms with Crippen molar-refractivity contribution in [3.05, 3.63) is 0 Å². The van der Waals surface area contributed by atoms with E-state index in [-0.39, 0.29) is 5.91 Å². The van der Waals surface area contributed by atoms with Gasteiger partial charge in [0.05, 0.1) is 0 Å². The molecule has 78 valence electrons. The summed E-state index contributed by atoms with van der Waals surface area (Å²) in [5.41, 5.74) is 5.11. The standard InChI is InChI=1S/C11H23NO/c1-3-5-6-7-10(4-2)8-9-11(12)13/h10H,3-9H2,1-2H3,(H2,12,13). The third-order valence-electron chi connectivity index (χ3n) is 2.59. The third kappa shape index (κ3) is 7.82. The summed E-state index contributed by atoms with van der Waals surface area (Å²) < 4.78 is 0. The minimum Gasteiger partial charge on any atom is -0.370 e. The summed E-state index contributed by atoms with van der Waals surface area (Å²) in [4.78, 5) is 10.6. The second kappa shape index (κ2) is 8.09. The highest BCUT2D eigenvalue weighted by atomic mass is 16.1. The minimum atomic E-state index is -0.158. The lowest BCUT2D eigenvalue weighted by molar-refractivity contribution is -0.118. The Hall–Kier alpha value is -0.530. The van der Waals surface area contributed by atoms with Gasteiger partial charge < -0.3 is 5.73 Å². The quantitative estimate of drug-likeness (QED) is 0.580. The number of hydrogen-bond donors (Lipinski definition) is 1. The van der Waals surface area contributed by atoms with Gasteiger partial charge in [-0.05, 0) is 12.3 Å². The van der Waals surface area contributed by atoms with Crippen molar-refractivity contribution in [1.82, 2.24) is 0 Å². The van der Waals surface area contributed by atoms with Crippen LogP contribution < -0.4 is 5.73 Å². The van der Waals surface area contributed by atoms with Crippen LogP contribution >= 0.6 is 0 Å². The molecule has 0 radical (unpaired) electrons. The molecule has 1 atom stereocenters. The monoisotopic (exact) mass is 185 g/mol. The first-order chi connectivity index (χ1) is 6.20. The fourth-order valence-corrected chi connectivity index (χ4v) is 1.58. The van der Waals surface area contributed by atoms with Crippen molar-refractivity contribution in [1.29, 1.82) is 0 Å². The molecular formula is C11H23NO. The maximum absolute atomic E-state index is 10.6. The van der Waals surface area contributed by atoms with Gasteiger partial charge in [-0.25, -0.2) is 0 Å². The van der Waals surface area contributed by atoms with E-state index in [2.05, 4.69) is 13.8 Å². The fourth-order valence-electron chi connectivity index (χ4n) is 1.58. The van der Waals surface area contributed by atoms with Gasteiger partial charge in [0.2, 0.25) is 5.91 Å². The average Bonchev–Trinajstić information content (AvgIpc) is 2.10. The average molecular weight is 185 g/mol. The summed E-state index contributed by atoms with van der Waals surface area (Å²) in [7, 11) is 0. The van der Waals surface area contributed by atoms with E-state index in [9.17, 15) is 4.79 Å². The molecular weight excluding hydrogens is 162 g/mol. The fraction of sp³-hybridized carbons (Fsp3) is 0.909. The molecule has 0 aliphatic heterocycles. The van der Waals surface area contributed by atoms with Crippen LogP contribution in [0.5, 0.6) is 0 Å². The Morgan fingerprint density at radius 3 is 2.38 bits per heavy atom. The van der Waals surface area contributed by atoms with E-state index < -0.39 is 0 Å². The number of hydrogen-bond acceptors (Lipinski definition) is 1. The maximum Gasteiger partial charge on any atom is 0.217 e. The van der Waals surface area contributed by atoms with Gasteiger partial charge in [0, 0.05) is 6.42 Å². The van der Waals surface area contributed by atoms with Crippen molar-refractivity contribution >= 4 is 5.91 Å². The highest BCUT2D eigenvalue weighted by Crippen LogP contribution is 2.18. The highest BCUT2D eigenvalue weighted by molar-refractivity contribution is 5.73. The number of rotatable bonds is 8. The van der Waals surface area contributed by atoms with Gasteiger partial charge in [-0.15, -0.1) is 0 Å². The van der Waals surface area contributed by atoms with Crippen LogP contribution in [-0.4, -0.2) is 5.91 Å². The van der Waals surface area contributed by atoms with Crippen molar-refractivity contribution in [3.8, 4) is 0 Å². The molecule has 0 aromatic rings. The number of amides is 1. The molecule has 1 amide bonds. The lowest BCUT2D eigenvalue weighted by Crippen LogP contribution is -2.12. The number of carbonyl (C=O) groups excluding carboxylic acids is 1. The van der Waals surface area contributed by atoms with E-state index in [1.165, 1.54) is 32.1 Å². The summed E-state index contributed by atoms with van der Waals surface area (Å²) in [5, 5.41) is 0. The zero-order valence-corrected chi connectivity index (χ0v) is 9.01. The Labute approximate surface area is 81.9 Å². The molecule has 0 saturated carbocycles. The number of unbranched alkanes of at least 4 members (excludes halogenated alkanes) is 2. The molecule has 0 aliphatic rings. The lowest BCUT2D eigenvalue weighted by atomic mass is 9.94. The van der Waals surface area contributed by atoms with E-state index in [0.29, 0.717) is 12.3 Å². The van der Waals surface area contributed by atoms with Gasteiger partial charge in [-0.2, -0.15) is 0 Å². The molecule has 0 aromatic heterocycles. The molecule has 1 unspecified atom stereocenters. The van der Waals surface area contributed by atoms with Gasteiger partial charge in [0.25, 0.3) is 0 Å². The van der Waals surface area contributed by atoms with Crippen LogP contribution in [0.3, 0.4) is 0 Å². The number of primary amides is 1. The highest BCUT2D eigenvalue weighted by Gasteiger charge is 2.07. The third-order valence-corrected chi connectivity index (χ3v) is 2.59. The molecule has 0 heterocycles. The Bertz CT molecular complexity index is 134. The molecule has 2 N–H and O–H groups in total. The van der Waals surface area contributed by atoms with Gasteiger partial charge >= 0.3 is 0 Å². The molecule has 13 heavy (non-hydrogen) atoms. The first-order valence-electron chi connectivity index (χ1n) is 5.49. The van der Waals surface area contributed by atoms with Gasteiger partial charge in [-0.3, -0.25) is 4.79 Å². The van der Waals surface area contributed by atoms with Crippen molar-refractivity contribution in [2.45, 2.75) is 58.8 Å². The van der Waals surface area contributed by atoms with Crippen molar-refractivity contribution in [2.75, 3.05) is 0 Å². The van der Waals surface area contributed by atoms with E-state index in [4.69, 9.17) is 5.73 Å². The number of nitrogens with two attached hydrogens (primary N) is 1. The Morgan fingerprint density at radius 2 is 1.92 bits per heavy atom. The van der Waals surface area contributed by atoms with Crippen LogP contribution in [0.1, 0.15) is 58.8 Å². The topological polar surface area (TPSA) is 43.1 Å². The first-order valence-corrected chi connectivity index (χ1v) is 5.49. The normalized spacial score (nSPS) is 12.8. The van der Waals surface area contributed by atoms with Gasteiger partial charge in [0.1, 0.15) is 0 Å². The molecule has 0 rings (SSSR count). The zero-order valence-electron chi connectivity index (χ0n) is 9.01. The second-order valence-electron chi connectivity index (χ2n) is 3.78. The molecule has 0 aromatic carbocycles. The minimum absolute atomic E-state index is 0.158. The largest absolute Gasteiger partial charge is 0.370 e. The van der Waals surface area contributed by atoms with Crippen molar-refractivity contribution < 1.29 is 4.79 Å². The molecule has 0 bridgehead atoms. The van der Waals surface area contributed by atoms with E-state index >= 15 is 0 Å². The summed E-state index contributed by atoms with van der Waals surface area (Å²) in [6, 6.07) is 0. The van der Waals surface area contributed by atoms with Gasteiger partial charge in [-0.1, -0.05) is 46.0 Å². The van der Waals surface area contributed by atoms with Crippen LogP contribution in [0.25, 0.3) is 0 Å². The molecule has 2 nitrogen and oxygen atoms in total. The Balaban J connectivity index is 3.45. The van der Waals surface area contributed by atoms with E-state index in [1.54, 1.807) is 0 Å².